The van der Waals surface area contributed by atoms with Gasteiger partial charge in [-0.2, -0.15) is 0 Å². The van der Waals surface area contributed by atoms with E-state index in [2.05, 4.69) is 30.3 Å². The third-order valence-electron chi connectivity index (χ3n) is 3.70. The summed E-state index contributed by atoms with van der Waals surface area (Å²) in [6.07, 6.45) is 1.48. The van der Waals surface area contributed by atoms with Gasteiger partial charge in [-0.05, 0) is 46.9 Å². The third-order valence-corrected chi connectivity index (χ3v) is 3.70. The molecule has 1 nitrogen and oxygen atoms in total. The van der Waals surface area contributed by atoms with Crippen molar-refractivity contribution < 1.29 is 4.39 Å². The van der Waals surface area contributed by atoms with Gasteiger partial charge in [0.2, 0.25) is 0 Å². The number of rotatable bonds is 4. The number of hydrogen-bond acceptors (Lipinski definition) is 1. The third kappa shape index (κ3) is 3.47. The molecule has 0 fully saturated rings. The molecule has 1 atom stereocenters. The van der Waals surface area contributed by atoms with E-state index >= 15 is 0 Å². The molecule has 0 aliphatic rings. The highest BCUT2D eigenvalue weighted by Crippen LogP contribution is 2.17. The van der Waals surface area contributed by atoms with Gasteiger partial charge in [0.1, 0.15) is 5.82 Å². The largest absolute Gasteiger partial charge is 0.327 e. The summed E-state index contributed by atoms with van der Waals surface area (Å²) in [5.74, 6) is -0.203. The Kier molecular flexibility index (Phi) is 3.98. The molecule has 21 heavy (non-hydrogen) atoms. The molecule has 0 heterocycles. The second-order valence-electron chi connectivity index (χ2n) is 5.48. The van der Waals surface area contributed by atoms with Crippen LogP contribution in [-0.2, 0) is 12.8 Å². The molecule has 3 aromatic rings. The van der Waals surface area contributed by atoms with Crippen molar-refractivity contribution in [3.05, 3.63) is 83.7 Å². The minimum Gasteiger partial charge on any atom is -0.327 e. The molecule has 0 spiro atoms. The maximum atomic E-state index is 13.2. The molecule has 2 heteroatoms. The molecule has 1 unspecified atom stereocenters. The van der Waals surface area contributed by atoms with E-state index in [1.165, 1.54) is 22.4 Å². The highest BCUT2D eigenvalue weighted by molar-refractivity contribution is 5.82. The summed E-state index contributed by atoms with van der Waals surface area (Å²) >= 11 is 0. The first kappa shape index (κ1) is 13.8. The fourth-order valence-electron chi connectivity index (χ4n) is 2.71. The number of hydrogen-bond donors (Lipinski definition) is 1. The summed E-state index contributed by atoms with van der Waals surface area (Å²) in [7, 11) is 0. The zero-order valence-corrected chi connectivity index (χ0v) is 11.8. The molecule has 0 amide bonds. The van der Waals surface area contributed by atoms with Crippen LogP contribution in [0.15, 0.2) is 66.7 Å². The lowest BCUT2D eigenvalue weighted by Crippen LogP contribution is -2.25. The number of nitrogens with two attached hydrogens (primary N) is 1. The topological polar surface area (TPSA) is 26.0 Å². The average Bonchev–Trinajstić information content (AvgIpc) is 2.47. The molecule has 3 aromatic carbocycles. The van der Waals surface area contributed by atoms with Crippen LogP contribution in [0.1, 0.15) is 11.1 Å². The van der Waals surface area contributed by atoms with Crippen molar-refractivity contribution in [2.45, 2.75) is 18.9 Å². The molecule has 0 aliphatic heterocycles. The molecule has 2 N–H and O–H groups in total. The van der Waals surface area contributed by atoms with Crippen molar-refractivity contribution >= 4 is 10.8 Å². The zero-order chi connectivity index (χ0) is 14.7. The minimum absolute atomic E-state index is 0.00652. The highest BCUT2D eigenvalue weighted by Gasteiger charge is 2.07. The Morgan fingerprint density at radius 1 is 0.762 bits per heavy atom. The lowest BCUT2D eigenvalue weighted by Gasteiger charge is -2.12. The van der Waals surface area contributed by atoms with Crippen molar-refractivity contribution in [1.82, 2.24) is 0 Å². The van der Waals surface area contributed by atoms with Gasteiger partial charge in [-0.1, -0.05) is 54.6 Å². The summed E-state index contributed by atoms with van der Waals surface area (Å²) in [5, 5.41) is 2.47. The summed E-state index contributed by atoms with van der Waals surface area (Å²) < 4.78 is 13.2. The molecule has 0 aromatic heterocycles. The summed E-state index contributed by atoms with van der Waals surface area (Å²) in [4.78, 5) is 0. The van der Waals surface area contributed by atoms with Gasteiger partial charge in [0.25, 0.3) is 0 Å². The Labute approximate surface area is 124 Å². The van der Waals surface area contributed by atoms with Crippen molar-refractivity contribution in [3.8, 4) is 0 Å². The second-order valence-corrected chi connectivity index (χ2v) is 5.48. The Balaban J connectivity index is 1.72. The number of halogens is 1. The second kappa shape index (κ2) is 6.06. The Bertz CT molecular complexity index is 751. The van der Waals surface area contributed by atoms with E-state index in [0.717, 1.165) is 12.0 Å². The van der Waals surface area contributed by atoms with Gasteiger partial charge in [0.05, 0.1) is 0 Å². The monoisotopic (exact) mass is 279 g/mol. The highest BCUT2D eigenvalue weighted by atomic mass is 19.1. The molecule has 3 rings (SSSR count). The molecule has 106 valence electrons. The molecule has 0 bridgehead atoms. The predicted molar refractivity (Wildman–Crippen MR) is 85.7 cm³/mol. The van der Waals surface area contributed by atoms with E-state index < -0.39 is 0 Å². The maximum Gasteiger partial charge on any atom is 0.123 e. The quantitative estimate of drug-likeness (QED) is 0.764. The molecule has 0 saturated heterocycles. The summed E-state index contributed by atoms with van der Waals surface area (Å²) in [6.45, 7) is 0. The molecule has 0 aliphatic carbocycles. The van der Waals surface area contributed by atoms with Crippen LogP contribution in [0.2, 0.25) is 0 Å². The Hall–Kier alpha value is -2.19. The summed E-state index contributed by atoms with van der Waals surface area (Å²) in [5.41, 5.74) is 8.38. The van der Waals surface area contributed by atoms with Crippen molar-refractivity contribution in [2.75, 3.05) is 0 Å². The SMILES string of the molecule is NC(Cc1cccc(F)c1)Cc1ccc2ccccc2c1. The van der Waals surface area contributed by atoms with Gasteiger partial charge in [0.15, 0.2) is 0 Å². The lowest BCUT2D eigenvalue weighted by atomic mass is 9.98. The van der Waals surface area contributed by atoms with Crippen molar-refractivity contribution in [2.24, 2.45) is 5.73 Å². The lowest BCUT2D eigenvalue weighted by molar-refractivity contribution is 0.618. The van der Waals surface area contributed by atoms with Crippen LogP contribution in [0.4, 0.5) is 4.39 Å². The maximum absolute atomic E-state index is 13.2. The summed E-state index contributed by atoms with van der Waals surface area (Å²) in [6, 6.07) is 21.4. The molecule has 0 radical (unpaired) electrons. The van der Waals surface area contributed by atoms with Crippen LogP contribution in [0, 0.1) is 5.82 Å². The standard InChI is InChI=1S/C19H18FN/c20-18-7-3-4-14(11-18)12-19(21)13-15-8-9-16-5-1-2-6-17(16)10-15/h1-11,19H,12-13,21H2. The first-order valence-electron chi connectivity index (χ1n) is 7.18. The molecule has 0 saturated carbocycles. The zero-order valence-electron chi connectivity index (χ0n) is 11.8. The van der Waals surface area contributed by atoms with Gasteiger partial charge in [0, 0.05) is 6.04 Å². The van der Waals surface area contributed by atoms with Crippen LogP contribution in [0.3, 0.4) is 0 Å². The fraction of sp³-hybridized carbons (Fsp3) is 0.158. The van der Waals surface area contributed by atoms with Gasteiger partial charge in [-0.25, -0.2) is 4.39 Å². The van der Waals surface area contributed by atoms with Crippen LogP contribution in [0.5, 0.6) is 0 Å². The Morgan fingerprint density at radius 3 is 2.24 bits per heavy atom. The fourth-order valence-corrected chi connectivity index (χ4v) is 2.71. The average molecular weight is 279 g/mol. The van der Waals surface area contributed by atoms with Crippen LogP contribution >= 0.6 is 0 Å². The van der Waals surface area contributed by atoms with Gasteiger partial charge < -0.3 is 5.73 Å². The predicted octanol–water partition coefficient (Wildman–Crippen LogP) is 4.09. The van der Waals surface area contributed by atoms with E-state index in [1.807, 2.05) is 18.2 Å². The van der Waals surface area contributed by atoms with Gasteiger partial charge in [-0.15, -0.1) is 0 Å². The Morgan fingerprint density at radius 2 is 1.48 bits per heavy atom. The van der Waals surface area contributed by atoms with E-state index in [-0.39, 0.29) is 11.9 Å². The normalized spacial score (nSPS) is 12.5. The van der Waals surface area contributed by atoms with Crippen LogP contribution in [0.25, 0.3) is 10.8 Å². The van der Waals surface area contributed by atoms with E-state index in [4.69, 9.17) is 5.73 Å². The smallest absolute Gasteiger partial charge is 0.123 e. The van der Waals surface area contributed by atoms with E-state index in [9.17, 15) is 4.39 Å². The van der Waals surface area contributed by atoms with Crippen molar-refractivity contribution in [1.29, 1.82) is 0 Å². The van der Waals surface area contributed by atoms with E-state index in [0.29, 0.717) is 6.42 Å². The first-order chi connectivity index (χ1) is 10.2. The van der Waals surface area contributed by atoms with Crippen LogP contribution in [-0.4, -0.2) is 6.04 Å². The molecular formula is C19H18FN. The first-order valence-corrected chi connectivity index (χ1v) is 7.18. The molecular weight excluding hydrogens is 261 g/mol. The van der Waals surface area contributed by atoms with E-state index in [1.54, 1.807) is 12.1 Å². The number of benzene rings is 3. The van der Waals surface area contributed by atoms with Crippen LogP contribution < -0.4 is 5.73 Å². The van der Waals surface area contributed by atoms with Crippen molar-refractivity contribution in [3.63, 3.8) is 0 Å². The minimum atomic E-state index is -0.203. The van der Waals surface area contributed by atoms with Gasteiger partial charge in [-0.3, -0.25) is 0 Å². The number of fused-ring (bicyclic) bond motifs is 1. The van der Waals surface area contributed by atoms with Gasteiger partial charge >= 0.3 is 0 Å².